The van der Waals surface area contributed by atoms with E-state index < -0.39 is 5.54 Å². The molecule has 0 atom stereocenters. The van der Waals surface area contributed by atoms with Crippen LogP contribution in [0.5, 0.6) is 0 Å². The fourth-order valence-corrected chi connectivity index (χ4v) is 2.00. The van der Waals surface area contributed by atoms with Crippen molar-refractivity contribution in [3.8, 4) is 11.8 Å². The summed E-state index contributed by atoms with van der Waals surface area (Å²) in [4.78, 5) is 20.1. The smallest absolute Gasteiger partial charge is 0.320 e. The van der Waals surface area contributed by atoms with Gasteiger partial charge in [-0.2, -0.15) is 0 Å². The molecule has 0 aliphatic heterocycles. The van der Waals surface area contributed by atoms with Crippen molar-refractivity contribution < 1.29 is 4.79 Å². The number of carbonyl (C=O) groups is 1. The van der Waals surface area contributed by atoms with Crippen molar-refractivity contribution in [2.45, 2.75) is 25.3 Å². The number of carbonyl (C=O) groups excluding carboxylic acids is 1. The van der Waals surface area contributed by atoms with Gasteiger partial charge in [-0.3, -0.25) is 9.97 Å². The summed E-state index contributed by atoms with van der Waals surface area (Å²) in [6.07, 6.45) is 8.47. The van der Waals surface area contributed by atoms with Crippen LogP contribution in [0.15, 0.2) is 43.0 Å². The predicted molar refractivity (Wildman–Crippen MR) is 84.2 cm³/mol. The van der Waals surface area contributed by atoms with Gasteiger partial charge in [-0.15, -0.1) is 0 Å². The van der Waals surface area contributed by atoms with Gasteiger partial charge >= 0.3 is 6.03 Å². The maximum absolute atomic E-state index is 12.1. The Morgan fingerprint density at radius 2 is 2.05 bits per heavy atom. The van der Waals surface area contributed by atoms with Crippen molar-refractivity contribution in [1.29, 1.82) is 0 Å². The lowest BCUT2D eigenvalue weighted by atomic mass is 10.2. The molecule has 0 spiro atoms. The van der Waals surface area contributed by atoms with E-state index in [0.717, 1.165) is 24.0 Å². The molecular weight excluding hydrogens is 276 g/mol. The summed E-state index contributed by atoms with van der Waals surface area (Å²) >= 11 is 0. The quantitative estimate of drug-likeness (QED) is 0.836. The second-order valence-corrected chi connectivity index (χ2v) is 5.34. The monoisotopic (exact) mass is 292 g/mol. The molecule has 1 fully saturated rings. The lowest BCUT2D eigenvalue weighted by Gasteiger charge is -2.13. The van der Waals surface area contributed by atoms with Gasteiger partial charge in [-0.25, -0.2) is 4.79 Å². The van der Waals surface area contributed by atoms with Crippen molar-refractivity contribution in [2.75, 3.05) is 5.32 Å². The van der Waals surface area contributed by atoms with E-state index in [1.807, 2.05) is 25.1 Å². The highest BCUT2D eigenvalue weighted by Gasteiger charge is 2.42. The number of hydrogen-bond acceptors (Lipinski definition) is 3. The Kier molecular flexibility index (Phi) is 3.75. The molecule has 1 aliphatic carbocycles. The fraction of sp³-hybridized carbons (Fsp3) is 0.235. The van der Waals surface area contributed by atoms with Gasteiger partial charge in [-0.05, 0) is 43.5 Å². The van der Waals surface area contributed by atoms with Crippen LogP contribution in [0, 0.1) is 18.8 Å². The van der Waals surface area contributed by atoms with Crippen molar-refractivity contribution in [3.63, 3.8) is 0 Å². The molecule has 2 aromatic rings. The lowest BCUT2D eigenvalue weighted by Crippen LogP contribution is -2.39. The van der Waals surface area contributed by atoms with E-state index in [9.17, 15) is 4.79 Å². The van der Waals surface area contributed by atoms with E-state index in [1.54, 1.807) is 24.8 Å². The Morgan fingerprint density at radius 1 is 1.23 bits per heavy atom. The van der Waals surface area contributed by atoms with Gasteiger partial charge in [0.15, 0.2) is 0 Å². The van der Waals surface area contributed by atoms with Crippen LogP contribution in [0.1, 0.15) is 24.0 Å². The maximum Gasteiger partial charge on any atom is 0.320 e. The average molecular weight is 292 g/mol. The molecule has 110 valence electrons. The zero-order chi connectivity index (χ0) is 15.4. The van der Waals surface area contributed by atoms with E-state index in [-0.39, 0.29) is 6.03 Å². The molecule has 3 rings (SSSR count). The number of nitrogens with zero attached hydrogens (tertiary/aromatic N) is 2. The Labute approximate surface area is 129 Å². The largest absolute Gasteiger partial charge is 0.322 e. The van der Waals surface area contributed by atoms with Crippen LogP contribution < -0.4 is 10.6 Å². The van der Waals surface area contributed by atoms with Gasteiger partial charge in [0.25, 0.3) is 0 Å². The predicted octanol–water partition coefficient (Wildman–Crippen LogP) is 2.49. The summed E-state index contributed by atoms with van der Waals surface area (Å²) in [7, 11) is 0. The number of anilines is 1. The Hall–Kier alpha value is -2.87. The van der Waals surface area contributed by atoms with Gasteiger partial charge in [-0.1, -0.05) is 11.8 Å². The SMILES string of the molecule is Cc1ccncc1NC(=O)NC1(C#Cc2cccnc2)CC1. The van der Waals surface area contributed by atoms with E-state index in [0.29, 0.717) is 5.69 Å². The molecule has 0 aromatic carbocycles. The minimum absolute atomic E-state index is 0.255. The Morgan fingerprint density at radius 3 is 2.73 bits per heavy atom. The number of pyridine rings is 2. The van der Waals surface area contributed by atoms with Gasteiger partial charge in [0.05, 0.1) is 11.9 Å². The molecule has 2 heterocycles. The summed E-state index contributed by atoms with van der Waals surface area (Å²) in [6.45, 7) is 1.92. The number of aromatic nitrogens is 2. The number of hydrogen-bond donors (Lipinski definition) is 2. The van der Waals surface area contributed by atoms with Crippen LogP contribution >= 0.6 is 0 Å². The van der Waals surface area contributed by atoms with Crippen molar-refractivity contribution >= 4 is 11.7 Å². The molecule has 0 radical (unpaired) electrons. The van der Waals surface area contributed by atoms with Gasteiger partial charge in [0.1, 0.15) is 5.54 Å². The van der Waals surface area contributed by atoms with Crippen LogP contribution in [0.2, 0.25) is 0 Å². The lowest BCUT2D eigenvalue weighted by molar-refractivity contribution is 0.250. The summed E-state index contributed by atoms with van der Waals surface area (Å²) in [6, 6.07) is 5.34. The topological polar surface area (TPSA) is 66.9 Å². The van der Waals surface area contributed by atoms with E-state index >= 15 is 0 Å². The normalized spacial score (nSPS) is 14.4. The molecule has 2 N–H and O–H groups in total. The first-order chi connectivity index (χ1) is 10.7. The van der Waals surface area contributed by atoms with E-state index in [2.05, 4.69) is 32.4 Å². The number of urea groups is 1. The third-order valence-corrected chi connectivity index (χ3v) is 3.50. The second kappa shape index (κ2) is 5.86. The standard InChI is InChI=1S/C17H16N4O/c1-13-5-10-19-12-15(13)20-16(22)21-17(7-8-17)6-4-14-3-2-9-18-11-14/h2-3,5,9-12H,7-8H2,1H3,(H2,20,21,22). The maximum atomic E-state index is 12.1. The number of rotatable bonds is 2. The first-order valence-corrected chi connectivity index (χ1v) is 7.10. The van der Waals surface area contributed by atoms with E-state index in [4.69, 9.17) is 0 Å². The summed E-state index contributed by atoms with van der Waals surface area (Å²) in [5.41, 5.74) is 2.10. The van der Waals surface area contributed by atoms with Crippen LogP contribution in [-0.2, 0) is 0 Å². The summed E-state index contributed by atoms with van der Waals surface area (Å²) in [5.74, 6) is 6.20. The van der Waals surface area contributed by atoms with Crippen molar-refractivity contribution in [3.05, 3.63) is 54.1 Å². The fourth-order valence-electron chi connectivity index (χ4n) is 2.00. The molecule has 0 bridgehead atoms. The summed E-state index contributed by atoms with van der Waals surface area (Å²) in [5, 5.41) is 5.75. The van der Waals surface area contributed by atoms with Crippen LogP contribution in [0.4, 0.5) is 10.5 Å². The molecule has 5 nitrogen and oxygen atoms in total. The molecule has 1 aliphatic rings. The molecule has 0 saturated heterocycles. The molecule has 2 aromatic heterocycles. The van der Waals surface area contributed by atoms with Crippen molar-refractivity contribution in [1.82, 2.24) is 15.3 Å². The van der Waals surface area contributed by atoms with Crippen molar-refractivity contribution in [2.24, 2.45) is 0 Å². The van der Waals surface area contributed by atoms with Gasteiger partial charge in [0.2, 0.25) is 0 Å². The minimum atomic E-state index is -0.421. The zero-order valence-electron chi connectivity index (χ0n) is 12.3. The van der Waals surface area contributed by atoms with Gasteiger partial charge in [0, 0.05) is 24.2 Å². The molecule has 1 saturated carbocycles. The third kappa shape index (κ3) is 3.41. The minimum Gasteiger partial charge on any atom is -0.322 e. The Bertz CT molecular complexity index is 742. The second-order valence-electron chi connectivity index (χ2n) is 5.34. The summed E-state index contributed by atoms with van der Waals surface area (Å²) < 4.78 is 0. The highest BCUT2D eigenvalue weighted by molar-refractivity contribution is 5.91. The number of nitrogens with one attached hydrogen (secondary N) is 2. The van der Waals surface area contributed by atoms with Crippen LogP contribution in [0.3, 0.4) is 0 Å². The highest BCUT2D eigenvalue weighted by atomic mass is 16.2. The first kappa shape index (κ1) is 14.1. The highest BCUT2D eigenvalue weighted by Crippen LogP contribution is 2.34. The number of aryl methyl sites for hydroxylation is 1. The molecule has 22 heavy (non-hydrogen) atoms. The van der Waals surface area contributed by atoms with Crippen LogP contribution in [-0.4, -0.2) is 21.5 Å². The average Bonchev–Trinajstić information content (AvgIpc) is 3.28. The van der Waals surface area contributed by atoms with E-state index in [1.165, 1.54) is 0 Å². The zero-order valence-corrected chi connectivity index (χ0v) is 12.3. The molecule has 2 amide bonds. The van der Waals surface area contributed by atoms with Crippen LogP contribution in [0.25, 0.3) is 0 Å². The molecular formula is C17H16N4O. The first-order valence-electron chi connectivity index (χ1n) is 7.10. The molecule has 5 heteroatoms. The number of amides is 2. The Balaban J connectivity index is 1.64. The van der Waals surface area contributed by atoms with Gasteiger partial charge < -0.3 is 10.6 Å². The third-order valence-electron chi connectivity index (χ3n) is 3.50. The molecule has 0 unspecified atom stereocenters.